The molecule has 1 aliphatic rings. The third-order valence-electron chi connectivity index (χ3n) is 4.12. The molecular weight excluding hydrogens is 322 g/mol. The van der Waals surface area contributed by atoms with Gasteiger partial charge in [-0.25, -0.2) is 13.8 Å². The number of benzene rings is 1. The van der Waals surface area contributed by atoms with Crippen molar-refractivity contribution in [3.05, 3.63) is 41.8 Å². The van der Waals surface area contributed by atoms with Crippen molar-refractivity contribution in [2.75, 3.05) is 13.1 Å². The molecule has 2 aromatic rings. The maximum absolute atomic E-state index is 13.7. The van der Waals surface area contributed by atoms with E-state index in [4.69, 9.17) is 9.52 Å². The Hall–Kier alpha value is -2.77. The largest absolute Gasteiger partial charge is 0.481 e. The Morgan fingerprint density at radius 2 is 1.96 bits per heavy atom. The molecule has 3 rings (SSSR count). The van der Waals surface area contributed by atoms with Crippen molar-refractivity contribution in [1.29, 1.82) is 0 Å². The van der Waals surface area contributed by atoms with E-state index in [1.54, 1.807) is 6.92 Å². The molecule has 0 radical (unpaired) electrons. The molecule has 1 aromatic heterocycles. The van der Waals surface area contributed by atoms with E-state index < -0.39 is 35.0 Å². The van der Waals surface area contributed by atoms with E-state index in [0.717, 1.165) is 18.4 Å². The molecule has 0 aliphatic carbocycles. The van der Waals surface area contributed by atoms with Crippen LogP contribution < -0.4 is 0 Å². The van der Waals surface area contributed by atoms with Gasteiger partial charge in [0.05, 0.1) is 5.92 Å². The molecule has 1 amide bonds. The number of carbonyl (C=O) groups excluding carboxylic acids is 1. The number of oxazole rings is 1. The molecule has 1 saturated heterocycles. The zero-order valence-electron chi connectivity index (χ0n) is 12.7. The van der Waals surface area contributed by atoms with Crippen LogP contribution in [0.3, 0.4) is 0 Å². The summed E-state index contributed by atoms with van der Waals surface area (Å²) in [6.45, 7) is 2.08. The van der Waals surface area contributed by atoms with Crippen LogP contribution in [0.5, 0.6) is 0 Å². The van der Waals surface area contributed by atoms with Gasteiger partial charge >= 0.3 is 5.97 Å². The van der Waals surface area contributed by atoms with E-state index in [9.17, 15) is 18.4 Å². The summed E-state index contributed by atoms with van der Waals surface area (Å²) in [7, 11) is 0. The van der Waals surface area contributed by atoms with Crippen molar-refractivity contribution in [1.82, 2.24) is 9.88 Å². The third-order valence-corrected chi connectivity index (χ3v) is 4.12. The molecular formula is C16H14F2N2O4. The van der Waals surface area contributed by atoms with Crippen LogP contribution >= 0.6 is 0 Å². The highest BCUT2D eigenvalue weighted by Gasteiger charge is 2.38. The van der Waals surface area contributed by atoms with Crippen molar-refractivity contribution in [2.24, 2.45) is 11.8 Å². The van der Waals surface area contributed by atoms with E-state index >= 15 is 0 Å². The van der Waals surface area contributed by atoms with Gasteiger partial charge in [0.15, 0.2) is 5.69 Å². The van der Waals surface area contributed by atoms with Gasteiger partial charge < -0.3 is 14.4 Å². The van der Waals surface area contributed by atoms with Crippen molar-refractivity contribution < 1.29 is 27.9 Å². The number of carboxylic acids is 1. The monoisotopic (exact) mass is 336 g/mol. The number of aliphatic carboxylic acids is 1. The first-order chi connectivity index (χ1) is 11.4. The number of halogens is 2. The lowest BCUT2D eigenvalue weighted by atomic mass is 9.99. The molecule has 0 spiro atoms. The Morgan fingerprint density at radius 1 is 1.29 bits per heavy atom. The van der Waals surface area contributed by atoms with Crippen LogP contribution in [0, 0.1) is 23.5 Å². The second-order valence-corrected chi connectivity index (χ2v) is 5.77. The number of rotatable bonds is 3. The minimum Gasteiger partial charge on any atom is -0.481 e. The standard InChI is InChI=1S/C16H14F2N2O4/c1-8-5-20(6-9(8)16(22)23)15(21)12-7-24-14(19-12)13-10(17)3-2-4-11(13)18/h2-4,7-9H,5-6H2,1H3,(H,22,23)/t8-,9-/m1/s1. The lowest BCUT2D eigenvalue weighted by Gasteiger charge is -2.13. The van der Waals surface area contributed by atoms with Gasteiger partial charge in [-0.15, -0.1) is 0 Å². The molecule has 1 fully saturated rings. The lowest BCUT2D eigenvalue weighted by molar-refractivity contribution is -0.142. The minimum atomic E-state index is -0.966. The topological polar surface area (TPSA) is 83.6 Å². The normalized spacial score (nSPS) is 20.4. The smallest absolute Gasteiger partial charge is 0.308 e. The zero-order valence-corrected chi connectivity index (χ0v) is 12.7. The molecule has 1 aromatic carbocycles. The summed E-state index contributed by atoms with van der Waals surface area (Å²) >= 11 is 0. The average molecular weight is 336 g/mol. The molecule has 0 bridgehead atoms. The van der Waals surface area contributed by atoms with E-state index in [0.29, 0.717) is 0 Å². The highest BCUT2D eigenvalue weighted by molar-refractivity contribution is 5.93. The highest BCUT2D eigenvalue weighted by Crippen LogP contribution is 2.27. The van der Waals surface area contributed by atoms with Gasteiger partial charge in [0.1, 0.15) is 23.5 Å². The fraction of sp³-hybridized carbons (Fsp3) is 0.312. The van der Waals surface area contributed by atoms with Crippen LogP contribution in [-0.2, 0) is 4.79 Å². The van der Waals surface area contributed by atoms with Gasteiger partial charge in [-0.3, -0.25) is 9.59 Å². The SMILES string of the molecule is C[C@@H]1CN(C(=O)c2coc(-c3c(F)cccc3F)n2)C[C@H]1C(=O)O. The predicted octanol–water partition coefficient (Wildman–Crippen LogP) is 2.41. The Morgan fingerprint density at radius 3 is 2.54 bits per heavy atom. The summed E-state index contributed by atoms with van der Waals surface area (Å²) < 4.78 is 32.5. The molecule has 1 aliphatic heterocycles. The van der Waals surface area contributed by atoms with E-state index in [1.165, 1.54) is 11.0 Å². The Labute approximate surface area is 135 Å². The van der Waals surface area contributed by atoms with Crippen molar-refractivity contribution >= 4 is 11.9 Å². The molecule has 1 N–H and O–H groups in total. The summed E-state index contributed by atoms with van der Waals surface area (Å²) in [4.78, 5) is 28.7. The molecule has 6 nitrogen and oxygen atoms in total. The molecule has 126 valence electrons. The Balaban J connectivity index is 1.84. The number of aromatic nitrogens is 1. The maximum atomic E-state index is 13.7. The second kappa shape index (κ2) is 6.03. The van der Waals surface area contributed by atoms with E-state index in [1.807, 2.05) is 0 Å². The van der Waals surface area contributed by atoms with Gasteiger partial charge in [0.2, 0.25) is 5.89 Å². The molecule has 0 unspecified atom stereocenters. The van der Waals surface area contributed by atoms with Gasteiger partial charge in [-0.1, -0.05) is 13.0 Å². The van der Waals surface area contributed by atoms with Crippen LogP contribution in [0.2, 0.25) is 0 Å². The van der Waals surface area contributed by atoms with Crippen molar-refractivity contribution in [2.45, 2.75) is 6.92 Å². The number of nitrogens with zero attached hydrogens (tertiary/aromatic N) is 2. The van der Waals surface area contributed by atoms with Gasteiger partial charge in [0, 0.05) is 13.1 Å². The molecule has 0 saturated carbocycles. The summed E-state index contributed by atoms with van der Waals surface area (Å²) in [5, 5.41) is 9.11. The summed E-state index contributed by atoms with van der Waals surface area (Å²) in [6.07, 6.45) is 1.02. The van der Waals surface area contributed by atoms with E-state index in [2.05, 4.69) is 4.98 Å². The second-order valence-electron chi connectivity index (χ2n) is 5.77. The number of amides is 1. The number of carboxylic acid groups (broad SMARTS) is 1. The fourth-order valence-electron chi connectivity index (χ4n) is 2.81. The first-order valence-corrected chi connectivity index (χ1v) is 7.30. The quantitative estimate of drug-likeness (QED) is 0.930. The Kier molecular flexibility index (Phi) is 4.04. The zero-order chi connectivity index (χ0) is 17.4. The molecule has 8 heteroatoms. The first-order valence-electron chi connectivity index (χ1n) is 7.30. The predicted molar refractivity (Wildman–Crippen MR) is 78.0 cm³/mol. The average Bonchev–Trinajstić information content (AvgIpc) is 3.13. The van der Waals surface area contributed by atoms with E-state index in [-0.39, 0.29) is 30.6 Å². The Bertz CT molecular complexity index is 785. The van der Waals surface area contributed by atoms with Gasteiger partial charge in [0.25, 0.3) is 5.91 Å². The number of carbonyl (C=O) groups is 2. The molecule has 24 heavy (non-hydrogen) atoms. The maximum Gasteiger partial charge on any atom is 0.308 e. The van der Waals surface area contributed by atoms with Gasteiger partial charge in [-0.2, -0.15) is 0 Å². The number of likely N-dealkylation sites (tertiary alicyclic amines) is 1. The highest BCUT2D eigenvalue weighted by atomic mass is 19.1. The first kappa shape index (κ1) is 16.1. The van der Waals surface area contributed by atoms with Crippen LogP contribution in [0.25, 0.3) is 11.5 Å². The lowest BCUT2D eigenvalue weighted by Crippen LogP contribution is -2.30. The summed E-state index contributed by atoms with van der Waals surface area (Å²) in [5.74, 6) is -4.38. The third kappa shape index (κ3) is 2.75. The van der Waals surface area contributed by atoms with Crippen molar-refractivity contribution in [3.8, 4) is 11.5 Å². The molecule has 2 atom stereocenters. The van der Waals surface area contributed by atoms with Crippen molar-refractivity contribution in [3.63, 3.8) is 0 Å². The number of hydrogen-bond donors (Lipinski definition) is 1. The van der Waals surface area contributed by atoms with Crippen LogP contribution in [-0.4, -0.2) is 40.0 Å². The van der Waals surface area contributed by atoms with Crippen LogP contribution in [0.15, 0.2) is 28.9 Å². The van der Waals surface area contributed by atoms with Crippen LogP contribution in [0.4, 0.5) is 8.78 Å². The number of hydrogen-bond acceptors (Lipinski definition) is 4. The minimum absolute atomic E-state index is 0.0611. The summed E-state index contributed by atoms with van der Waals surface area (Å²) in [6, 6.07) is 3.33. The molecule has 2 heterocycles. The van der Waals surface area contributed by atoms with Gasteiger partial charge in [-0.05, 0) is 18.1 Å². The fourth-order valence-corrected chi connectivity index (χ4v) is 2.81. The van der Waals surface area contributed by atoms with Crippen LogP contribution in [0.1, 0.15) is 17.4 Å². The summed E-state index contributed by atoms with van der Waals surface area (Å²) in [5.41, 5.74) is -0.569.